The lowest BCUT2D eigenvalue weighted by atomic mass is 10.1. The van der Waals surface area contributed by atoms with Crippen LogP contribution < -0.4 is 11.1 Å². The van der Waals surface area contributed by atoms with E-state index >= 15 is 0 Å². The molecule has 1 aliphatic rings. The van der Waals surface area contributed by atoms with E-state index in [0.717, 1.165) is 24.4 Å². The van der Waals surface area contributed by atoms with Crippen molar-refractivity contribution in [2.24, 2.45) is 0 Å². The van der Waals surface area contributed by atoms with Crippen molar-refractivity contribution < 1.29 is 0 Å². The molecule has 5 nitrogen and oxygen atoms in total. The van der Waals surface area contributed by atoms with Crippen molar-refractivity contribution in [2.45, 2.75) is 25.3 Å². The zero-order valence-electron chi connectivity index (χ0n) is 9.06. The molecule has 1 atom stereocenters. The van der Waals surface area contributed by atoms with Gasteiger partial charge in [0.1, 0.15) is 5.82 Å². The summed E-state index contributed by atoms with van der Waals surface area (Å²) in [4.78, 5) is 0. The summed E-state index contributed by atoms with van der Waals surface area (Å²) in [5.41, 5.74) is 7.28. The molecule has 84 valence electrons. The molecule has 16 heavy (non-hydrogen) atoms. The molecule has 3 N–H and O–H groups in total. The second-order valence-electron chi connectivity index (χ2n) is 4.27. The Balaban J connectivity index is 1.94. The summed E-state index contributed by atoms with van der Waals surface area (Å²) in [7, 11) is 0. The van der Waals surface area contributed by atoms with Crippen LogP contribution in [0.2, 0.25) is 0 Å². The van der Waals surface area contributed by atoms with Gasteiger partial charge in [0.25, 0.3) is 0 Å². The smallest absolute Gasteiger partial charge is 0.183 e. The van der Waals surface area contributed by atoms with Crippen molar-refractivity contribution in [3.63, 3.8) is 0 Å². The zero-order chi connectivity index (χ0) is 11.0. The molecule has 0 spiro atoms. The molecule has 3 heterocycles. The van der Waals surface area contributed by atoms with E-state index in [4.69, 9.17) is 5.73 Å². The molecule has 2 aromatic rings. The van der Waals surface area contributed by atoms with E-state index < -0.39 is 0 Å². The van der Waals surface area contributed by atoms with Gasteiger partial charge < -0.3 is 11.1 Å². The van der Waals surface area contributed by atoms with Gasteiger partial charge >= 0.3 is 0 Å². The third-order valence-corrected chi connectivity index (χ3v) is 3.13. The number of hydrogen-bond acceptors (Lipinski definition) is 4. The van der Waals surface area contributed by atoms with E-state index in [-0.39, 0.29) is 0 Å². The molecule has 1 fully saturated rings. The number of anilines is 1. The van der Waals surface area contributed by atoms with Gasteiger partial charge in [0.15, 0.2) is 5.65 Å². The minimum Gasteiger partial charge on any atom is -0.396 e. The van der Waals surface area contributed by atoms with Gasteiger partial charge in [0, 0.05) is 18.7 Å². The predicted octanol–water partition coefficient (Wildman–Crippen LogP) is 0.606. The van der Waals surface area contributed by atoms with Crippen molar-refractivity contribution in [1.82, 2.24) is 19.9 Å². The van der Waals surface area contributed by atoms with Gasteiger partial charge in [-0.1, -0.05) is 0 Å². The molecule has 1 aliphatic heterocycles. The number of nitrogens with two attached hydrogens (primary N) is 1. The average molecular weight is 217 g/mol. The number of rotatable bonds is 2. The molecule has 0 aliphatic carbocycles. The standard InChI is InChI=1S/C11H15N5/c12-9-4-2-6-16-10(14-15-11(9)16)7-8-3-1-5-13-8/h2,4,6,8,13H,1,3,5,7,12H2. The molecular formula is C11H15N5. The molecule has 2 aromatic heterocycles. The van der Waals surface area contributed by atoms with E-state index in [2.05, 4.69) is 15.5 Å². The van der Waals surface area contributed by atoms with Gasteiger partial charge in [-0.25, -0.2) is 0 Å². The quantitative estimate of drug-likeness (QED) is 0.773. The number of hydrogen-bond donors (Lipinski definition) is 2. The highest BCUT2D eigenvalue weighted by Crippen LogP contribution is 2.15. The monoisotopic (exact) mass is 217 g/mol. The van der Waals surface area contributed by atoms with Crippen LogP contribution >= 0.6 is 0 Å². The minimum absolute atomic E-state index is 0.536. The summed E-state index contributed by atoms with van der Waals surface area (Å²) < 4.78 is 1.98. The topological polar surface area (TPSA) is 68.2 Å². The van der Waals surface area contributed by atoms with Gasteiger partial charge in [-0.2, -0.15) is 0 Å². The van der Waals surface area contributed by atoms with Gasteiger partial charge in [-0.05, 0) is 31.5 Å². The highest BCUT2D eigenvalue weighted by Gasteiger charge is 2.17. The third-order valence-electron chi connectivity index (χ3n) is 3.13. The Kier molecular flexibility index (Phi) is 2.25. The van der Waals surface area contributed by atoms with E-state index in [0.29, 0.717) is 11.7 Å². The van der Waals surface area contributed by atoms with Crippen molar-refractivity contribution >= 4 is 11.3 Å². The summed E-state index contributed by atoms with van der Waals surface area (Å²) in [6.45, 7) is 1.11. The Labute approximate surface area is 93.7 Å². The summed E-state index contributed by atoms with van der Waals surface area (Å²) >= 11 is 0. The summed E-state index contributed by atoms with van der Waals surface area (Å²) in [5.74, 6) is 0.988. The fraction of sp³-hybridized carbons (Fsp3) is 0.455. The normalized spacial score (nSPS) is 20.6. The lowest BCUT2D eigenvalue weighted by Gasteiger charge is -2.08. The molecular weight excluding hydrogens is 202 g/mol. The first kappa shape index (κ1) is 9.59. The van der Waals surface area contributed by atoms with E-state index in [1.54, 1.807) is 0 Å². The molecule has 3 rings (SSSR count). The first-order chi connectivity index (χ1) is 7.84. The van der Waals surface area contributed by atoms with E-state index in [1.807, 2.05) is 22.7 Å². The van der Waals surface area contributed by atoms with E-state index in [1.165, 1.54) is 12.8 Å². The van der Waals surface area contributed by atoms with Crippen molar-refractivity contribution in [2.75, 3.05) is 12.3 Å². The summed E-state index contributed by atoms with van der Waals surface area (Å²) in [6, 6.07) is 4.31. The number of nitrogens with zero attached hydrogens (tertiary/aromatic N) is 3. The lowest BCUT2D eigenvalue weighted by Crippen LogP contribution is -2.24. The van der Waals surface area contributed by atoms with Crippen molar-refractivity contribution in [3.8, 4) is 0 Å². The SMILES string of the molecule is Nc1cccn2c(CC3CCCN3)nnc12. The molecule has 0 amide bonds. The van der Waals surface area contributed by atoms with Gasteiger partial charge in [-0.15, -0.1) is 10.2 Å². The third kappa shape index (κ3) is 1.53. The minimum atomic E-state index is 0.536. The second-order valence-corrected chi connectivity index (χ2v) is 4.27. The van der Waals surface area contributed by atoms with Crippen LogP contribution in [-0.4, -0.2) is 27.2 Å². The molecule has 1 unspecified atom stereocenters. The molecule has 0 bridgehead atoms. The van der Waals surface area contributed by atoms with Crippen LogP contribution in [-0.2, 0) is 6.42 Å². The lowest BCUT2D eigenvalue weighted by molar-refractivity contribution is 0.582. The van der Waals surface area contributed by atoms with Crippen molar-refractivity contribution in [1.29, 1.82) is 0 Å². The Hall–Kier alpha value is -1.62. The maximum absolute atomic E-state index is 5.84. The highest BCUT2D eigenvalue weighted by molar-refractivity contribution is 5.63. The fourth-order valence-corrected chi connectivity index (χ4v) is 2.27. The fourth-order valence-electron chi connectivity index (χ4n) is 2.27. The Bertz CT molecular complexity index is 498. The van der Waals surface area contributed by atoms with Crippen LogP contribution in [0.4, 0.5) is 5.69 Å². The Morgan fingerprint density at radius 2 is 2.44 bits per heavy atom. The summed E-state index contributed by atoms with van der Waals surface area (Å²) in [5, 5.41) is 11.8. The second kappa shape index (κ2) is 3.75. The maximum Gasteiger partial charge on any atom is 0.183 e. The largest absolute Gasteiger partial charge is 0.396 e. The zero-order valence-corrected chi connectivity index (χ0v) is 9.06. The van der Waals surface area contributed by atoms with Crippen LogP contribution in [0.1, 0.15) is 18.7 Å². The number of aromatic nitrogens is 3. The van der Waals surface area contributed by atoms with Gasteiger partial charge in [0.05, 0.1) is 5.69 Å². The number of nitrogens with one attached hydrogen (secondary N) is 1. The highest BCUT2D eigenvalue weighted by atomic mass is 15.3. The van der Waals surface area contributed by atoms with Crippen LogP contribution in [0, 0.1) is 0 Å². The van der Waals surface area contributed by atoms with E-state index in [9.17, 15) is 0 Å². The number of pyridine rings is 1. The first-order valence-corrected chi connectivity index (χ1v) is 5.66. The van der Waals surface area contributed by atoms with Gasteiger partial charge in [-0.3, -0.25) is 4.40 Å². The first-order valence-electron chi connectivity index (χ1n) is 5.66. The Morgan fingerprint density at radius 3 is 3.25 bits per heavy atom. The Morgan fingerprint density at radius 1 is 1.50 bits per heavy atom. The molecule has 5 heteroatoms. The maximum atomic E-state index is 5.84. The predicted molar refractivity (Wildman–Crippen MR) is 62.1 cm³/mol. The summed E-state index contributed by atoms with van der Waals surface area (Å²) in [6.07, 6.45) is 5.36. The average Bonchev–Trinajstić information content (AvgIpc) is 2.90. The van der Waals surface area contributed by atoms with Gasteiger partial charge in [0.2, 0.25) is 0 Å². The van der Waals surface area contributed by atoms with Crippen LogP contribution in [0.3, 0.4) is 0 Å². The van der Waals surface area contributed by atoms with Crippen LogP contribution in [0.25, 0.3) is 5.65 Å². The number of nitrogen functional groups attached to an aromatic ring is 1. The molecule has 0 saturated carbocycles. The number of fused-ring (bicyclic) bond motifs is 1. The molecule has 0 aromatic carbocycles. The van der Waals surface area contributed by atoms with Crippen LogP contribution in [0.5, 0.6) is 0 Å². The van der Waals surface area contributed by atoms with Crippen molar-refractivity contribution in [3.05, 3.63) is 24.2 Å². The molecule has 0 radical (unpaired) electrons. The molecule has 1 saturated heterocycles. The van der Waals surface area contributed by atoms with Crippen LogP contribution in [0.15, 0.2) is 18.3 Å².